The number of carbonyl (C=O) groups is 2. The highest BCUT2D eigenvalue weighted by Gasteiger charge is 2.37. The van der Waals surface area contributed by atoms with Gasteiger partial charge < -0.3 is 10.4 Å². The molecule has 0 aliphatic heterocycles. The maximum Gasteiger partial charge on any atom is 0.316 e. The summed E-state index contributed by atoms with van der Waals surface area (Å²) in [5.74, 6) is -2.59. The molecule has 1 amide bonds. The van der Waals surface area contributed by atoms with Crippen LogP contribution in [0.1, 0.15) is 25.6 Å². The quantitative estimate of drug-likeness (QED) is 0.832. The highest BCUT2D eigenvalue weighted by molar-refractivity contribution is 9.10. The number of thiophene rings is 1. The molecule has 6 heteroatoms. The molecule has 1 unspecified atom stereocenters. The molecule has 0 aromatic carbocycles. The molecule has 1 rings (SSSR count). The summed E-state index contributed by atoms with van der Waals surface area (Å²) in [6.07, 6.45) is 0. The third kappa shape index (κ3) is 3.81. The van der Waals surface area contributed by atoms with Gasteiger partial charge in [0.25, 0.3) is 0 Å². The predicted molar refractivity (Wildman–Crippen MR) is 74.4 cm³/mol. The van der Waals surface area contributed by atoms with E-state index in [2.05, 4.69) is 21.2 Å². The summed E-state index contributed by atoms with van der Waals surface area (Å²) < 4.78 is 0.926. The van der Waals surface area contributed by atoms with Gasteiger partial charge in [-0.25, -0.2) is 0 Å². The SMILES string of the molecule is CC(C)(C)C(C(=O)O)C(=O)NCc1sccc1Br. The Morgan fingerprint density at radius 3 is 2.50 bits per heavy atom. The summed E-state index contributed by atoms with van der Waals surface area (Å²) in [5.41, 5.74) is -0.609. The number of nitrogens with one attached hydrogen (secondary N) is 1. The van der Waals surface area contributed by atoms with E-state index in [1.807, 2.05) is 11.4 Å². The summed E-state index contributed by atoms with van der Waals surface area (Å²) in [6.45, 7) is 5.57. The van der Waals surface area contributed by atoms with Gasteiger partial charge in [-0.3, -0.25) is 9.59 Å². The van der Waals surface area contributed by atoms with Crippen molar-refractivity contribution in [2.45, 2.75) is 27.3 Å². The van der Waals surface area contributed by atoms with Crippen molar-refractivity contribution in [3.63, 3.8) is 0 Å². The summed E-state index contributed by atoms with van der Waals surface area (Å²) >= 11 is 4.87. The first-order valence-electron chi connectivity index (χ1n) is 5.46. The number of carboxylic acid groups (broad SMARTS) is 1. The number of carboxylic acids is 1. The van der Waals surface area contributed by atoms with Crippen molar-refractivity contribution in [3.05, 3.63) is 20.8 Å². The van der Waals surface area contributed by atoms with Gasteiger partial charge in [-0.05, 0) is 32.8 Å². The molecule has 0 fully saturated rings. The lowest BCUT2D eigenvalue weighted by Crippen LogP contribution is -2.42. The number of halogens is 1. The molecule has 100 valence electrons. The molecule has 0 spiro atoms. The zero-order valence-electron chi connectivity index (χ0n) is 10.5. The summed E-state index contributed by atoms with van der Waals surface area (Å²) in [7, 11) is 0. The first kappa shape index (κ1) is 15.2. The average Bonchev–Trinajstić information content (AvgIpc) is 2.58. The summed E-state index contributed by atoms with van der Waals surface area (Å²) in [6, 6.07) is 1.89. The standard InChI is InChI=1S/C12H16BrNO3S/c1-12(2,3)9(11(16)17)10(15)14-6-8-7(13)4-5-18-8/h4-5,9H,6H2,1-3H3,(H,14,15)(H,16,17). The Bertz CT molecular complexity index is 450. The fourth-order valence-corrected chi connectivity index (χ4v) is 3.03. The number of amides is 1. The minimum absolute atomic E-state index is 0.344. The van der Waals surface area contributed by atoms with Gasteiger partial charge in [0.1, 0.15) is 5.92 Å². The normalized spacial score (nSPS) is 13.1. The number of aliphatic carboxylic acids is 1. The molecule has 1 aromatic rings. The Labute approximate surface area is 119 Å². The van der Waals surface area contributed by atoms with Crippen LogP contribution in [0.2, 0.25) is 0 Å². The van der Waals surface area contributed by atoms with Crippen LogP contribution in [0.3, 0.4) is 0 Å². The Morgan fingerprint density at radius 1 is 1.50 bits per heavy atom. The Hall–Kier alpha value is -0.880. The molecule has 2 N–H and O–H groups in total. The van der Waals surface area contributed by atoms with Crippen molar-refractivity contribution in [2.24, 2.45) is 11.3 Å². The molecule has 0 bridgehead atoms. The summed E-state index contributed by atoms with van der Waals surface area (Å²) in [4.78, 5) is 24.1. The van der Waals surface area contributed by atoms with E-state index in [0.717, 1.165) is 9.35 Å². The molecule has 0 saturated carbocycles. The van der Waals surface area contributed by atoms with Crippen LogP contribution in [0.15, 0.2) is 15.9 Å². The molecule has 1 atom stereocenters. The first-order valence-corrected chi connectivity index (χ1v) is 7.13. The van der Waals surface area contributed by atoms with Gasteiger partial charge in [-0.1, -0.05) is 20.8 Å². The van der Waals surface area contributed by atoms with E-state index < -0.39 is 23.2 Å². The lowest BCUT2D eigenvalue weighted by atomic mass is 9.80. The molecular weight excluding hydrogens is 318 g/mol. The molecule has 1 heterocycles. The van der Waals surface area contributed by atoms with E-state index in [-0.39, 0.29) is 0 Å². The predicted octanol–water partition coefficient (Wildman–Crippen LogP) is 2.87. The molecule has 0 saturated heterocycles. The van der Waals surface area contributed by atoms with Crippen LogP contribution in [-0.4, -0.2) is 17.0 Å². The Balaban J connectivity index is 2.69. The van der Waals surface area contributed by atoms with Crippen molar-refractivity contribution in [1.82, 2.24) is 5.32 Å². The van der Waals surface area contributed by atoms with Crippen LogP contribution in [0, 0.1) is 11.3 Å². The van der Waals surface area contributed by atoms with Crippen LogP contribution in [-0.2, 0) is 16.1 Å². The van der Waals surface area contributed by atoms with Crippen molar-refractivity contribution >= 4 is 39.1 Å². The molecule has 4 nitrogen and oxygen atoms in total. The highest BCUT2D eigenvalue weighted by atomic mass is 79.9. The fraction of sp³-hybridized carbons (Fsp3) is 0.500. The number of rotatable bonds is 4. The molecule has 0 radical (unpaired) electrons. The average molecular weight is 334 g/mol. The third-order valence-electron chi connectivity index (χ3n) is 2.49. The number of hydrogen-bond acceptors (Lipinski definition) is 3. The topological polar surface area (TPSA) is 66.4 Å². The molecule has 1 aromatic heterocycles. The Morgan fingerprint density at radius 2 is 2.11 bits per heavy atom. The highest BCUT2D eigenvalue weighted by Crippen LogP contribution is 2.27. The van der Waals surface area contributed by atoms with E-state index in [4.69, 9.17) is 5.11 Å². The second-order valence-corrected chi connectivity index (χ2v) is 6.90. The molecular formula is C12H16BrNO3S. The largest absolute Gasteiger partial charge is 0.481 e. The second-order valence-electron chi connectivity index (χ2n) is 5.05. The number of hydrogen-bond donors (Lipinski definition) is 2. The van der Waals surface area contributed by atoms with Crippen molar-refractivity contribution in [2.75, 3.05) is 0 Å². The van der Waals surface area contributed by atoms with Crippen LogP contribution in [0.25, 0.3) is 0 Å². The van der Waals surface area contributed by atoms with Gasteiger partial charge in [0.15, 0.2) is 0 Å². The lowest BCUT2D eigenvalue weighted by Gasteiger charge is -2.25. The van der Waals surface area contributed by atoms with E-state index in [1.54, 1.807) is 20.8 Å². The van der Waals surface area contributed by atoms with E-state index >= 15 is 0 Å². The van der Waals surface area contributed by atoms with Crippen LogP contribution in [0.5, 0.6) is 0 Å². The van der Waals surface area contributed by atoms with E-state index in [9.17, 15) is 9.59 Å². The number of carbonyl (C=O) groups excluding carboxylic acids is 1. The van der Waals surface area contributed by atoms with Gasteiger partial charge in [0.05, 0.1) is 6.54 Å². The zero-order chi connectivity index (χ0) is 13.9. The molecule has 18 heavy (non-hydrogen) atoms. The molecule has 0 aliphatic carbocycles. The second kappa shape index (κ2) is 5.84. The van der Waals surface area contributed by atoms with Crippen molar-refractivity contribution < 1.29 is 14.7 Å². The van der Waals surface area contributed by atoms with E-state index in [0.29, 0.717) is 6.54 Å². The fourth-order valence-electron chi connectivity index (χ4n) is 1.60. The van der Waals surface area contributed by atoms with Gasteiger partial charge in [0, 0.05) is 9.35 Å². The van der Waals surface area contributed by atoms with Crippen LogP contribution < -0.4 is 5.32 Å². The van der Waals surface area contributed by atoms with Crippen LogP contribution in [0.4, 0.5) is 0 Å². The van der Waals surface area contributed by atoms with Crippen molar-refractivity contribution in [1.29, 1.82) is 0 Å². The zero-order valence-corrected chi connectivity index (χ0v) is 12.9. The maximum atomic E-state index is 11.9. The molecule has 0 aliphatic rings. The smallest absolute Gasteiger partial charge is 0.316 e. The maximum absolute atomic E-state index is 11.9. The van der Waals surface area contributed by atoms with Gasteiger partial charge in [-0.2, -0.15) is 0 Å². The van der Waals surface area contributed by atoms with Gasteiger partial charge in [0.2, 0.25) is 5.91 Å². The third-order valence-corrected chi connectivity index (χ3v) is 4.42. The monoisotopic (exact) mass is 333 g/mol. The van der Waals surface area contributed by atoms with Gasteiger partial charge in [-0.15, -0.1) is 11.3 Å². The first-order chi connectivity index (χ1) is 8.23. The minimum atomic E-state index is -1.09. The Kier molecular flexibility index (Phi) is 4.92. The summed E-state index contributed by atoms with van der Waals surface area (Å²) in [5, 5.41) is 13.7. The van der Waals surface area contributed by atoms with E-state index in [1.165, 1.54) is 11.3 Å². The van der Waals surface area contributed by atoms with Crippen molar-refractivity contribution in [3.8, 4) is 0 Å². The minimum Gasteiger partial charge on any atom is -0.481 e. The van der Waals surface area contributed by atoms with Crippen LogP contribution >= 0.6 is 27.3 Å². The lowest BCUT2D eigenvalue weighted by molar-refractivity contribution is -0.151. The van der Waals surface area contributed by atoms with Gasteiger partial charge >= 0.3 is 5.97 Å².